The summed E-state index contributed by atoms with van der Waals surface area (Å²) in [6, 6.07) is 13.3. The van der Waals surface area contributed by atoms with E-state index in [0.29, 0.717) is 5.56 Å². The van der Waals surface area contributed by atoms with Gasteiger partial charge in [0.05, 0.1) is 11.3 Å². The van der Waals surface area contributed by atoms with Crippen molar-refractivity contribution in [3.05, 3.63) is 58.1 Å². The number of carbonyl (C=O) groups excluding carboxylic acids is 1. The number of aryl methyl sites for hydroxylation is 1. The highest BCUT2D eigenvalue weighted by molar-refractivity contribution is 9.10. The van der Waals surface area contributed by atoms with Gasteiger partial charge in [0.25, 0.3) is 5.91 Å². The van der Waals surface area contributed by atoms with E-state index in [-0.39, 0.29) is 5.91 Å². The number of hydrogen-bond acceptors (Lipinski definition) is 2. The Morgan fingerprint density at radius 1 is 1.11 bits per heavy atom. The maximum atomic E-state index is 12.3. The van der Waals surface area contributed by atoms with Crippen molar-refractivity contribution in [1.29, 1.82) is 0 Å². The first-order chi connectivity index (χ1) is 9.11. The maximum Gasteiger partial charge on any atom is 0.257 e. The van der Waals surface area contributed by atoms with Crippen molar-refractivity contribution < 1.29 is 4.79 Å². The van der Waals surface area contributed by atoms with Crippen molar-refractivity contribution in [2.24, 2.45) is 0 Å². The number of para-hydroxylation sites is 1. The molecule has 4 heteroatoms. The van der Waals surface area contributed by atoms with Gasteiger partial charge in [-0.2, -0.15) is 0 Å². The topological polar surface area (TPSA) is 41.1 Å². The van der Waals surface area contributed by atoms with E-state index in [1.165, 1.54) is 0 Å². The monoisotopic (exact) mass is 318 g/mol. The second kappa shape index (κ2) is 5.89. The number of carbonyl (C=O) groups is 1. The quantitative estimate of drug-likeness (QED) is 0.896. The summed E-state index contributed by atoms with van der Waals surface area (Å²) in [5.74, 6) is -0.128. The minimum atomic E-state index is -0.128. The molecular weight excluding hydrogens is 304 g/mol. The molecule has 0 heterocycles. The summed E-state index contributed by atoms with van der Waals surface area (Å²) < 4.78 is 0.869. The zero-order valence-electron chi connectivity index (χ0n) is 10.8. The van der Waals surface area contributed by atoms with Crippen molar-refractivity contribution in [3.8, 4) is 0 Å². The van der Waals surface area contributed by atoms with Crippen molar-refractivity contribution in [2.45, 2.75) is 6.92 Å². The summed E-state index contributed by atoms with van der Waals surface area (Å²) in [4.78, 5) is 12.3. The van der Waals surface area contributed by atoms with Crippen molar-refractivity contribution in [3.63, 3.8) is 0 Å². The predicted octanol–water partition coefficient (Wildman–Crippen LogP) is 4.05. The number of nitrogens with one attached hydrogen (secondary N) is 2. The van der Waals surface area contributed by atoms with Crippen molar-refractivity contribution in [2.75, 3.05) is 17.7 Å². The van der Waals surface area contributed by atoms with E-state index in [4.69, 9.17) is 0 Å². The van der Waals surface area contributed by atoms with E-state index in [2.05, 4.69) is 26.6 Å². The number of amides is 1. The molecule has 0 unspecified atom stereocenters. The fourth-order valence-corrected chi connectivity index (χ4v) is 2.17. The molecule has 0 spiro atoms. The Bertz CT molecular complexity index is 611. The van der Waals surface area contributed by atoms with Crippen LogP contribution in [-0.2, 0) is 0 Å². The molecule has 0 aliphatic carbocycles. The van der Waals surface area contributed by atoms with E-state index in [9.17, 15) is 4.79 Å². The molecule has 3 nitrogen and oxygen atoms in total. The van der Waals surface area contributed by atoms with Gasteiger partial charge in [-0.15, -0.1) is 0 Å². The van der Waals surface area contributed by atoms with Gasteiger partial charge in [-0.3, -0.25) is 4.79 Å². The predicted molar refractivity (Wildman–Crippen MR) is 82.8 cm³/mol. The Labute approximate surface area is 121 Å². The Hall–Kier alpha value is -1.81. The van der Waals surface area contributed by atoms with Gasteiger partial charge in [-0.05, 0) is 52.7 Å². The molecule has 2 aromatic rings. The lowest BCUT2D eigenvalue weighted by Gasteiger charge is -2.11. The smallest absolute Gasteiger partial charge is 0.257 e. The first kappa shape index (κ1) is 13.6. The lowest BCUT2D eigenvalue weighted by atomic mass is 10.1. The van der Waals surface area contributed by atoms with Gasteiger partial charge in [-0.25, -0.2) is 0 Å². The molecule has 1 amide bonds. The van der Waals surface area contributed by atoms with E-state index in [1.54, 1.807) is 13.1 Å². The largest absolute Gasteiger partial charge is 0.387 e. The van der Waals surface area contributed by atoms with Crippen LogP contribution in [0.15, 0.2) is 46.9 Å². The van der Waals surface area contributed by atoms with E-state index >= 15 is 0 Å². The second-order valence-electron chi connectivity index (χ2n) is 4.23. The van der Waals surface area contributed by atoms with Crippen LogP contribution in [-0.4, -0.2) is 13.0 Å². The van der Waals surface area contributed by atoms with Crippen LogP contribution < -0.4 is 10.6 Å². The molecule has 0 aromatic heterocycles. The zero-order chi connectivity index (χ0) is 13.8. The van der Waals surface area contributed by atoms with Crippen LogP contribution in [0.25, 0.3) is 0 Å². The fraction of sp³-hybridized carbons (Fsp3) is 0.133. The highest BCUT2D eigenvalue weighted by Gasteiger charge is 2.11. The van der Waals surface area contributed by atoms with Gasteiger partial charge in [-0.1, -0.05) is 18.2 Å². The van der Waals surface area contributed by atoms with Gasteiger partial charge in [0.2, 0.25) is 0 Å². The molecule has 0 atom stereocenters. The Morgan fingerprint density at radius 2 is 1.84 bits per heavy atom. The lowest BCUT2D eigenvalue weighted by molar-refractivity contribution is 0.102. The molecule has 0 bridgehead atoms. The first-order valence-corrected chi connectivity index (χ1v) is 6.75. The van der Waals surface area contributed by atoms with Crippen LogP contribution in [0.4, 0.5) is 11.4 Å². The molecule has 0 saturated heterocycles. The summed E-state index contributed by atoms with van der Waals surface area (Å²) in [6.07, 6.45) is 0. The zero-order valence-corrected chi connectivity index (χ0v) is 12.4. The average molecular weight is 319 g/mol. The van der Waals surface area contributed by atoms with E-state index in [0.717, 1.165) is 21.4 Å². The van der Waals surface area contributed by atoms with E-state index < -0.39 is 0 Å². The lowest BCUT2D eigenvalue weighted by Crippen LogP contribution is -2.14. The summed E-state index contributed by atoms with van der Waals surface area (Å²) in [5, 5.41) is 5.93. The van der Waals surface area contributed by atoms with E-state index in [1.807, 2.05) is 43.3 Å². The second-order valence-corrected chi connectivity index (χ2v) is 5.09. The van der Waals surface area contributed by atoms with Crippen LogP contribution in [0.2, 0.25) is 0 Å². The molecule has 0 fully saturated rings. The molecular formula is C15H15BrN2O. The third-order valence-corrected chi connectivity index (χ3v) is 3.50. The molecule has 2 N–H and O–H groups in total. The fourth-order valence-electron chi connectivity index (χ4n) is 1.82. The Kier molecular flexibility index (Phi) is 4.22. The first-order valence-electron chi connectivity index (χ1n) is 5.96. The highest BCUT2D eigenvalue weighted by Crippen LogP contribution is 2.25. The SMILES string of the molecule is CNc1ccccc1C(=O)Nc1cc(C)ccc1Br. The summed E-state index contributed by atoms with van der Waals surface area (Å²) in [5.41, 5.74) is 3.30. The van der Waals surface area contributed by atoms with Crippen LogP contribution in [0, 0.1) is 6.92 Å². The van der Waals surface area contributed by atoms with Crippen LogP contribution in [0.1, 0.15) is 15.9 Å². The normalized spacial score (nSPS) is 10.1. The van der Waals surface area contributed by atoms with Gasteiger partial charge in [0.15, 0.2) is 0 Å². The van der Waals surface area contributed by atoms with Crippen LogP contribution in [0.5, 0.6) is 0 Å². The average Bonchev–Trinajstić information content (AvgIpc) is 2.42. The third kappa shape index (κ3) is 3.15. The molecule has 19 heavy (non-hydrogen) atoms. The van der Waals surface area contributed by atoms with Crippen LogP contribution >= 0.6 is 15.9 Å². The summed E-state index contributed by atoms with van der Waals surface area (Å²) >= 11 is 3.44. The van der Waals surface area contributed by atoms with Crippen LogP contribution in [0.3, 0.4) is 0 Å². The Balaban J connectivity index is 2.28. The summed E-state index contributed by atoms with van der Waals surface area (Å²) in [6.45, 7) is 1.99. The van der Waals surface area contributed by atoms with Gasteiger partial charge in [0, 0.05) is 17.2 Å². The molecule has 0 aliphatic heterocycles. The molecule has 0 saturated carbocycles. The van der Waals surface area contributed by atoms with Crippen molar-refractivity contribution in [1.82, 2.24) is 0 Å². The maximum absolute atomic E-state index is 12.3. The third-order valence-electron chi connectivity index (χ3n) is 2.81. The standard InChI is InChI=1S/C15H15BrN2O/c1-10-7-8-12(16)14(9-10)18-15(19)11-5-3-4-6-13(11)17-2/h3-9,17H,1-2H3,(H,18,19). The number of anilines is 2. The van der Waals surface area contributed by atoms with Crippen molar-refractivity contribution >= 4 is 33.2 Å². The highest BCUT2D eigenvalue weighted by atomic mass is 79.9. The number of hydrogen-bond donors (Lipinski definition) is 2. The molecule has 0 aliphatic rings. The number of benzene rings is 2. The van der Waals surface area contributed by atoms with Gasteiger partial charge < -0.3 is 10.6 Å². The molecule has 2 rings (SSSR count). The molecule has 2 aromatic carbocycles. The minimum absolute atomic E-state index is 0.128. The summed E-state index contributed by atoms with van der Waals surface area (Å²) in [7, 11) is 1.80. The Morgan fingerprint density at radius 3 is 2.58 bits per heavy atom. The van der Waals surface area contributed by atoms with Gasteiger partial charge >= 0.3 is 0 Å². The molecule has 98 valence electrons. The van der Waals surface area contributed by atoms with Gasteiger partial charge in [0.1, 0.15) is 0 Å². The number of rotatable bonds is 3. The number of halogens is 1. The molecule has 0 radical (unpaired) electrons. The minimum Gasteiger partial charge on any atom is -0.387 e.